The number of aromatic nitrogens is 1. The Morgan fingerprint density at radius 3 is 2.52 bits per heavy atom. The molecule has 1 amide bonds. The Morgan fingerprint density at radius 2 is 1.90 bits per heavy atom. The third-order valence-corrected chi connectivity index (χ3v) is 5.29. The van der Waals surface area contributed by atoms with Crippen LogP contribution in [0.5, 0.6) is 0 Å². The van der Waals surface area contributed by atoms with E-state index < -0.39 is 5.54 Å². The topological polar surface area (TPSA) is 89.5 Å². The summed E-state index contributed by atoms with van der Waals surface area (Å²) in [5, 5.41) is 6.54. The summed E-state index contributed by atoms with van der Waals surface area (Å²) < 4.78 is 10.2. The lowest BCUT2D eigenvalue weighted by Gasteiger charge is -2.37. The number of esters is 1. The van der Waals surface area contributed by atoms with Crippen LogP contribution in [0.15, 0.2) is 48.7 Å². The summed E-state index contributed by atoms with van der Waals surface area (Å²) in [6.45, 7) is 3.50. The Kier molecular flexibility index (Phi) is 6.95. The number of amides is 1. The molecule has 2 N–H and O–H groups in total. The summed E-state index contributed by atoms with van der Waals surface area (Å²) in [5.74, 6) is -0.436. The molecule has 7 nitrogen and oxygen atoms in total. The largest absolute Gasteiger partial charge is 0.465 e. The van der Waals surface area contributed by atoms with Crippen LogP contribution in [-0.2, 0) is 20.8 Å². The van der Waals surface area contributed by atoms with Crippen molar-refractivity contribution in [3.05, 3.63) is 65.5 Å². The van der Waals surface area contributed by atoms with Gasteiger partial charge in [-0.1, -0.05) is 18.2 Å². The number of ether oxygens (including phenoxy) is 2. The molecule has 0 saturated carbocycles. The predicted molar refractivity (Wildman–Crippen MR) is 108 cm³/mol. The lowest BCUT2D eigenvalue weighted by Crippen LogP contribution is -2.59. The van der Waals surface area contributed by atoms with Crippen LogP contribution in [0.2, 0.25) is 0 Å². The molecule has 7 heteroatoms. The van der Waals surface area contributed by atoms with Crippen LogP contribution in [0.1, 0.15) is 47.4 Å². The molecule has 0 aliphatic carbocycles. The zero-order valence-corrected chi connectivity index (χ0v) is 16.8. The summed E-state index contributed by atoms with van der Waals surface area (Å²) in [7, 11) is 1.35. The zero-order chi connectivity index (χ0) is 20.7. The number of nitrogens with one attached hydrogen (secondary N) is 2. The second kappa shape index (κ2) is 9.62. The molecule has 0 spiro atoms. The highest BCUT2D eigenvalue weighted by atomic mass is 16.5. The summed E-state index contributed by atoms with van der Waals surface area (Å²) in [5.41, 5.74) is 1.58. The van der Waals surface area contributed by atoms with Gasteiger partial charge in [-0.3, -0.25) is 15.1 Å². The fraction of sp³-hybridized carbons (Fsp3) is 0.409. The van der Waals surface area contributed by atoms with Crippen molar-refractivity contribution in [1.29, 1.82) is 0 Å². The fourth-order valence-corrected chi connectivity index (χ4v) is 3.41. The Labute approximate surface area is 170 Å². The second-order valence-corrected chi connectivity index (χ2v) is 7.18. The Hall–Kier alpha value is -2.77. The van der Waals surface area contributed by atoms with E-state index in [1.54, 1.807) is 18.3 Å². The van der Waals surface area contributed by atoms with Gasteiger partial charge >= 0.3 is 5.97 Å². The van der Waals surface area contributed by atoms with E-state index in [2.05, 4.69) is 15.6 Å². The van der Waals surface area contributed by atoms with Crippen molar-refractivity contribution in [1.82, 2.24) is 15.6 Å². The molecule has 1 aliphatic heterocycles. The normalized spacial score (nSPS) is 16.6. The molecule has 2 aromatic rings. The molecular formula is C22H27N3O4. The van der Waals surface area contributed by atoms with Crippen LogP contribution in [0.3, 0.4) is 0 Å². The molecule has 3 rings (SSSR count). The molecule has 1 unspecified atom stereocenters. The molecule has 1 aromatic heterocycles. The van der Waals surface area contributed by atoms with Crippen LogP contribution in [-0.4, -0.2) is 42.7 Å². The Morgan fingerprint density at radius 1 is 1.17 bits per heavy atom. The molecule has 1 atom stereocenters. The third kappa shape index (κ3) is 5.19. The molecule has 1 fully saturated rings. The highest BCUT2D eigenvalue weighted by Crippen LogP contribution is 2.24. The van der Waals surface area contributed by atoms with Crippen LogP contribution in [0, 0.1) is 0 Å². The van der Waals surface area contributed by atoms with Crippen molar-refractivity contribution in [3.63, 3.8) is 0 Å². The van der Waals surface area contributed by atoms with E-state index in [0.717, 1.165) is 11.3 Å². The number of benzene rings is 1. The number of pyridine rings is 1. The van der Waals surface area contributed by atoms with Crippen molar-refractivity contribution in [3.8, 4) is 0 Å². The molecular weight excluding hydrogens is 370 g/mol. The molecule has 0 bridgehead atoms. The van der Waals surface area contributed by atoms with Gasteiger partial charge in [0, 0.05) is 26.0 Å². The SMILES string of the molecule is COC(=O)c1ccc(C(C)NC(=O)C2(NCc3ccccn3)CCOCC2)cc1. The summed E-state index contributed by atoms with van der Waals surface area (Å²) in [4.78, 5) is 29.1. The first kappa shape index (κ1) is 21.0. The van der Waals surface area contributed by atoms with E-state index in [1.807, 2.05) is 37.3 Å². The monoisotopic (exact) mass is 397 g/mol. The highest BCUT2D eigenvalue weighted by molar-refractivity contribution is 5.89. The molecule has 29 heavy (non-hydrogen) atoms. The van der Waals surface area contributed by atoms with Gasteiger partial charge in [0.05, 0.1) is 24.4 Å². The van der Waals surface area contributed by atoms with Crippen LogP contribution in [0.25, 0.3) is 0 Å². The van der Waals surface area contributed by atoms with Crippen molar-refractivity contribution in [2.24, 2.45) is 0 Å². The third-order valence-electron chi connectivity index (χ3n) is 5.29. The smallest absolute Gasteiger partial charge is 0.337 e. The average molecular weight is 397 g/mol. The number of carbonyl (C=O) groups is 2. The first-order valence-corrected chi connectivity index (χ1v) is 9.76. The number of carbonyl (C=O) groups excluding carboxylic acids is 2. The Balaban J connectivity index is 1.68. The minimum absolute atomic E-state index is 0.0544. The number of hydrogen-bond acceptors (Lipinski definition) is 6. The fourth-order valence-electron chi connectivity index (χ4n) is 3.41. The molecule has 0 radical (unpaired) electrons. The van der Waals surface area contributed by atoms with Crippen LogP contribution < -0.4 is 10.6 Å². The van der Waals surface area contributed by atoms with Gasteiger partial charge in [0.15, 0.2) is 0 Å². The summed E-state index contributed by atoms with van der Waals surface area (Å²) in [6.07, 6.45) is 2.94. The maximum Gasteiger partial charge on any atom is 0.337 e. The lowest BCUT2D eigenvalue weighted by molar-refractivity contribution is -0.132. The van der Waals surface area contributed by atoms with Gasteiger partial charge in [0.25, 0.3) is 0 Å². The maximum atomic E-state index is 13.2. The van der Waals surface area contributed by atoms with Crippen LogP contribution in [0.4, 0.5) is 0 Å². The number of nitrogens with zero attached hydrogens (tertiary/aromatic N) is 1. The van der Waals surface area contributed by atoms with E-state index in [9.17, 15) is 9.59 Å². The highest BCUT2D eigenvalue weighted by Gasteiger charge is 2.40. The van der Waals surface area contributed by atoms with E-state index in [1.165, 1.54) is 7.11 Å². The number of methoxy groups -OCH3 is 1. The maximum absolute atomic E-state index is 13.2. The summed E-state index contributed by atoms with van der Waals surface area (Å²) >= 11 is 0. The molecule has 2 heterocycles. The van der Waals surface area contributed by atoms with Crippen molar-refractivity contribution >= 4 is 11.9 Å². The van der Waals surface area contributed by atoms with Crippen molar-refractivity contribution in [2.45, 2.75) is 37.9 Å². The zero-order valence-electron chi connectivity index (χ0n) is 16.8. The van der Waals surface area contributed by atoms with Crippen molar-refractivity contribution < 1.29 is 19.1 Å². The van der Waals surface area contributed by atoms with Crippen molar-refractivity contribution in [2.75, 3.05) is 20.3 Å². The molecule has 1 aliphatic rings. The van der Waals surface area contributed by atoms with E-state index in [-0.39, 0.29) is 17.9 Å². The Bertz CT molecular complexity index is 818. The summed E-state index contributed by atoms with van der Waals surface area (Å²) in [6, 6.07) is 12.6. The number of rotatable bonds is 7. The van der Waals surface area contributed by atoms with Gasteiger partial charge in [-0.2, -0.15) is 0 Å². The van der Waals surface area contributed by atoms with E-state index in [0.29, 0.717) is 38.2 Å². The second-order valence-electron chi connectivity index (χ2n) is 7.18. The quantitative estimate of drug-likeness (QED) is 0.698. The lowest BCUT2D eigenvalue weighted by atomic mass is 9.88. The van der Waals surface area contributed by atoms with Gasteiger partial charge in [-0.15, -0.1) is 0 Å². The van der Waals surface area contributed by atoms with Gasteiger partial charge in [-0.05, 0) is 49.6 Å². The first-order valence-electron chi connectivity index (χ1n) is 9.76. The minimum Gasteiger partial charge on any atom is -0.465 e. The van der Waals surface area contributed by atoms with Gasteiger partial charge in [0.2, 0.25) is 5.91 Å². The van der Waals surface area contributed by atoms with E-state index >= 15 is 0 Å². The minimum atomic E-state index is -0.698. The van der Waals surface area contributed by atoms with Gasteiger partial charge < -0.3 is 14.8 Å². The molecule has 154 valence electrons. The molecule has 1 saturated heterocycles. The van der Waals surface area contributed by atoms with Gasteiger partial charge in [0.1, 0.15) is 5.54 Å². The average Bonchev–Trinajstić information content (AvgIpc) is 2.78. The predicted octanol–water partition coefficient (Wildman–Crippen LogP) is 2.38. The first-order chi connectivity index (χ1) is 14.0. The van der Waals surface area contributed by atoms with Crippen LogP contribution >= 0.6 is 0 Å². The molecule has 1 aromatic carbocycles. The van der Waals surface area contributed by atoms with Gasteiger partial charge in [-0.25, -0.2) is 4.79 Å². The number of hydrogen-bond donors (Lipinski definition) is 2. The van der Waals surface area contributed by atoms with E-state index in [4.69, 9.17) is 9.47 Å². The standard InChI is InChI=1S/C22H27N3O4/c1-16(17-6-8-18(9-7-17)20(26)28-2)25-21(27)22(10-13-29-14-11-22)24-15-19-5-3-4-12-23-19/h3-9,12,16,24H,10-11,13-15H2,1-2H3,(H,25,27).